The van der Waals surface area contributed by atoms with E-state index in [0.717, 1.165) is 5.56 Å². The molecule has 1 N–H and O–H groups in total. The lowest BCUT2D eigenvalue weighted by molar-refractivity contribution is 0.425. The number of halogens is 2. The standard InChI is InChI=1S/C10H9ClFN3O/c1-6-14-10(16-15-6)13-5-7-2-3-8(12)4-9(7)11/h2-4H,5H2,1H3,(H,13,14,15). The fraction of sp³-hybridized carbons (Fsp3) is 0.200. The van der Waals surface area contributed by atoms with Crippen LogP contribution in [0.2, 0.25) is 5.02 Å². The Labute approximate surface area is 96.4 Å². The van der Waals surface area contributed by atoms with Crippen LogP contribution in [0.3, 0.4) is 0 Å². The van der Waals surface area contributed by atoms with Crippen molar-refractivity contribution < 1.29 is 8.91 Å². The third-order valence-corrected chi connectivity index (χ3v) is 2.32. The van der Waals surface area contributed by atoms with Crippen LogP contribution in [0.1, 0.15) is 11.4 Å². The first-order chi connectivity index (χ1) is 7.65. The lowest BCUT2D eigenvalue weighted by Crippen LogP contribution is -2.00. The van der Waals surface area contributed by atoms with E-state index in [4.69, 9.17) is 16.1 Å². The van der Waals surface area contributed by atoms with E-state index in [9.17, 15) is 4.39 Å². The van der Waals surface area contributed by atoms with Crippen LogP contribution in [0.4, 0.5) is 10.4 Å². The third-order valence-electron chi connectivity index (χ3n) is 1.97. The van der Waals surface area contributed by atoms with Crippen molar-refractivity contribution in [3.63, 3.8) is 0 Å². The van der Waals surface area contributed by atoms with Gasteiger partial charge in [0.2, 0.25) is 0 Å². The first-order valence-electron chi connectivity index (χ1n) is 4.63. The van der Waals surface area contributed by atoms with Crippen LogP contribution in [0.25, 0.3) is 0 Å². The number of hydrogen-bond acceptors (Lipinski definition) is 4. The quantitative estimate of drug-likeness (QED) is 0.898. The number of benzene rings is 1. The zero-order chi connectivity index (χ0) is 11.5. The van der Waals surface area contributed by atoms with Gasteiger partial charge in [-0.3, -0.25) is 0 Å². The highest BCUT2D eigenvalue weighted by atomic mass is 35.5. The summed E-state index contributed by atoms with van der Waals surface area (Å²) >= 11 is 5.85. The molecule has 0 unspecified atom stereocenters. The van der Waals surface area contributed by atoms with Gasteiger partial charge in [-0.1, -0.05) is 22.8 Å². The Bertz CT molecular complexity index is 501. The van der Waals surface area contributed by atoms with Gasteiger partial charge in [0.05, 0.1) is 0 Å². The molecule has 0 saturated carbocycles. The number of hydrogen-bond donors (Lipinski definition) is 1. The van der Waals surface area contributed by atoms with Crippen molar-refractivity contribution in [1.82, 2.24) is 10.1 Å². The minimum atomic E-state index is -0.359. The van der Waals surface area contributed by atoms with Crippen molar-refractivity contribution in [2.24, 2.45) is 0 Å². The van der Waals surface area contributed by atoms with Crippen LogP contribution in [-0.2, 0) is 6.54 Å². The average molecular weight is 242 g/mol. The van der Waals surface area contributed by atoms with E-state index in [1.165, 1.54) is 12.1 Å². The highest BCUT2D eigenvalue weighted by molar-refractivity contribution is 6.31. The van der Waals surface area contributed by atoms with Gasteiger partial charge in [-0.25, -0.2) is 4.39 Å². The summed E-state index contributed by atoms with van der Waals surface area (Å²) in [5.74, 6) is 0.190. The summed E-state index contributed by atoms with van der Waals surface area (Å²) in [5.41, 5.74) is 0.763. The SMILES string of the molecule is Cc1noc(NCc2ccc(F)cc2Cl)n1. The molecule has 0 atom stereocenters. The minimum absolute atomic E-state index is 0.317. The molecule has 0 aliphatic rings. The Morgan fingerprint density at radius 3 is 2.94 bits per heavy atom. The molecule has 6 heteroatoms. The Kier molecular flexibility index (Phi) is 3.05. The maximum Gasteiger partial charge on any atom is 0.321 e. The monoisotopic (exact) mass is 241 g/mol. The zero-order valence-corrected chi connectivity index (χ0v) is 9.25. The molecule has 4 nitrogen and oxygen atoms in total. The maximum atomic E-state index is 12.8. The summed E-state index contributed by atoms with van der Waals surface area (Å²) in [6.45, 7) is 2.13. The second-order valence-corrected chi connectivity index (χ2v) is 3.64. The van der Waals surface area contributed by atoms with E-state index in [-0.39, 0.29) is 5.82 Å². The van der Waals surface area contributed by atoms with E-state index in [1.807, 2.05) is 0 Å². The number of aryl methyl sites for hydroxylation is 1. The molecule has 0 saturated heterocycles. The molecule has 0 amide bonds. The summed E-state index contributed by atoms with van der Waals surface area (Å²) in [5, 5.41) is 6.88. The van der Waals surface area contributed by atoms with Crippen molar-refractivity contribution in [3.05, 3.63) is 40.4 Å². The molecule has 2 rings (SSSR count). The number of aromatic nitrogens is 2. The van der Waals surface area contributed by atoms with E-state index < -0.39 is 0 Å². The Morgan fingerprint density at radius 2 is 2.31 bits per heavy atom. The number of nitrogens with one attached hydrogen (secondary N) is 1. The summed E-state index contributed by atoms with van der Waals surface area (Å²) in [7, 11) is 0. The van der Waals surface area contributed by atoms with Crippen LogP contribution >= 0.6 is 11.6 Å². The van der Waals surface area contributed by atoms with Gasteiger partial charge in [0, 0.05) is 11.6 Å². The summed E-state index contributed by atoms with van der Waals surface area (Å²) < 4.78 is 17.6. The lowest BCUT2D eigenvalue weighted by Gasteiger charge is -2.03. The zero-order valence-electron chi connectivity index (χ0n) is 8.50. The lowest BCUT2D eigenvalue weighted by atomic mass is 10.2. The second-order valence-electron chi connectivity index (χ2n) is 3.24. The highest BCUT2D eigenvalue weighted by Crippen LogP contribution is 2.18. The van der Waals surface area contributed by atoms with Gasteiger partial charge in [0.15, 0.2) is 5.82 Å². The summed E-state index contributed by atoms with van der Waals surface area (Å²) in [6, 6.07) is 4.53. The molecule has 1 aromatic carbocycles. The van der Waals surface area contributed by atoms with Gasteiger partial charge in [-0.15, -0.1) is 0 Å². The topological polar surface area (TPSA) is 51.0 Å². The van der Waals surface area contributed by atoms with Gasteiger partial charge in [0.25, 0.3) is 0 Å². The molecule has 0 radical (unpaired) electrons. The van der Waals surface area contributed by atoms with E-state index in [2.05, 4.69) is 15.5 Å². The van der Waals surface area contributed by atoms with Crippen molar-refractivity contribution in [2.45, 2.75) is 13.5 Å². The van der Waals surface area contributed by atoms with E-state index >= 15 is 0 Å². The summed E-state index contributed by atoms with van der Waals surface area (Å²) in [4.78, 5) is 3.97. The van der Waals surface area contributed by atoms with Gasteiger partial charge in [-0.05, 0) is 24.6 Å². The Balaban J connectivity index is 2.04. The molecule has 0 aliphatic heterocycles. The van der Waals surface area contributed by atoms with Crippen molar-refractivity contribution in [3.8, 4) is 0 Å². The van der Waals surface area contributed by atoms with Crippen LogP contribution in [0.5, 0.6) is 0 Å². The molecule has 0 aliphatic carbocycles. The normalized spacial score (nSPS) is 10.4. The fourth-order valence-electron chi connectivity index (χ4n) is 1.20. The molecule has 0 spiro atoms. The Morgan fingerprint density at radius 1 is 1.50 bits per heavy atom. The first-order valence-corrected chi connectivity index (χ1v) is 5.01. The third kappa shape index (κ3) is 2.49. The van der Waals surface area contributed by atoms with Gasteiger partial charge in [-0.2, -0.15) is 4.98 Å². The minimum Gasteiger partial charge on any atom is -0.334 e. The molecular weight excluding hydrogens is 233 g/mol. The van der Waals surface area contributed by atoms with Crippen molar-refractivity contribution in [2.75, 3.05) is 5.32 Å². The molecular formula is C10H9ClFN3O. The smallest absolute Gasteiger partial charge is 0.321 e. The molecule has 1 aromatic heterocycles. The maximum absolute atomic E-state index is 12.8. The number of nitrogens with zero attached hydrogens (tertiary/aromatic N) is 2. The van der Waals surface area contributed by atoms with Gasteiger partial charge in [0.1, 0.15) is 5.82 Å². The molecule has 84 valence electrons. The fourth-order valence-corrected chi connectivity index (χ4v) is 1.44. The van der Waals surface area contributed by atoms with Crippen LogP contribution in [-0.4, -0.2) is 10.1 Å². The van der Waals surface area contributed by atoms with E-state index in [1.54, 1.807) is 13.0 Å². The van der Waals surface area contributed by atoms with Crippen LogP contribution in [0, 0.1) is 12.7 Å². The summed E-state index contributed by atoms with van der Waals surface area (Å²) in [6.07, 6.45) is 0. The predicted octanol–water partition coefficient (Wildman–Crippen LogP) is 2.78. The van der Waals surface area contributed by atoms with Crippen molar-refractivity contribution >= 4 is 17.6 Å². The van der Waals surface area contributed by atoms with Crippen LogP contribution < -0.4 is 5.32 Å². The average Bonchev–Trinajstić information content (AvgIpc) is 2.63. The predicted molar refractivity (Wildman–Crippen MR) is 57.8 cm³/mol. The second kappa shape index (κ2) is 4.49. The molecule has 0 fully saturated rings. The molecule has 1 heterocycles. The van der Waals surface area contributed by atoms with Crippen LogP contribution in [0.15, 0.2) is 22.7 Å². The molecule has 2 aromatic rings. The highest BCUT2D eigenvalue weighted by Gasteiger charge is 2.05. The van der Waals surface area contributed by atoms with Crippen molar-refractivity contribution in [1.29, 1.82) is 0 Å². The van der Waals surface area contributed by atoms with E-state index in [0.29, 0.717) is 23.4 Å². The Hall–Kier alpha value is -1.62. The first kappa shape index (κ1) is 10.9. The molecule has 0 bridgehead atoms. The molecule has 16 heavy (non-hydrogen) atoms. The van der Waals surface area contributed by atoms with Gasteiger partial charge < -0.3 is 9.84 Å². The number of anilines is 1. The van der Waals surface area contributed by atoms with Gasteiger partial charge >= 0.3 is 6.01 Å². The largest absolute Gasteiger partial charge is 0.334 e. The number of rotatable bonds is 3.